The molecule has 0 bridgehead atoms. The van der Waals surface area contributed by atoms with E-state index in [0.717, 1.165) is 65.4 Å². The van der Waals surface area contributed by atoms with E-state index in [9.17, 15) is 19.8 Å². The van der Waals surface area contributed by atoms with Crippen molar-refractivity contribution < 1.29 is 24.5 Å². The number of ether oxygens (including phenoxy) is 1. The number of hydrogen-bond acceptors (Lipinski definition) is 8. The maximum Gasteiger partial charge on any atom is 0.258 e. The maximum atomic E-state index is 13.5. The number of phenolic OH excluding ortho intramolecular Hbond substituents is 2. The average Bonchev–Trinajstić information content (AvgIpc) is 3.54. The normalized spacial score (nSPS) is 15.7. The number of carbonyl (C=O) groups excluding carboxylic acids is 2. The number of thiophene rings is 1. The molecule has 10 heteroatoms. The Hall–Kier alpha value is -3.60. The van der Waals surface area contributed by atoms with Crippen LogP contribution in [0.2, 0.25) is 0 Å². The van der Waals surface area contributed by atoms with Crippen molar-refractivity contribution in [2.45, 2.75) is 26.6 Å². The van der Waals surface area contributed by atoms with Gasteiger partial charge in [-0.15, -0.1) is 11.3 Å². The molecule has 1 aromatic heterocycles. The quantitative estimate of drug-likeness (QED) is 0.432. The van der Waals surface area contributed by atoms with Crippen LogP contribution in [0.15, 0.2) is 42.5 Å². The molecule has 2 aliphatic rings. The molecule has 2 aromatic carbocycles. The molecule has 2 amide bonds. The van der Waals surface area contributed by atoms with Crippen molar-refractivity contribution in [1.82, 2.24) is 19.6 Å². The van der Waals surface area contributed by atoms with Crippen LogP contribution in [0.3, 0.4) is 0 Å². The van der Waals surface area contributed by atoms with Crippen molar-refractivity contribution >= 4 is 23.2 Å². The van der Waals surface area contributed by atoms with Crippen LogP contribution in [-0.4, -0.2) is 95.1 Å². The lowest BCUT2D eigenvalue weighted by Crippen LogP contribution is -2.45. The maximum absolute atomic E-state index is 13.5. The third kappa shape index (κ3) is 6.24. The third-order valence-electron chi connectivity index (χ3n) is 7.57. The Kier molecular flexibility index (Phi) is 8.30. The fourth-order valence-electron chi connectivity index (χ4n) is 5.14. The van der Waals surface area contributed by atoms with Crippen LogP contribution in [0.5, 0.6) is 17.2 Å². The molecular formula is C30H36N4O5S. The molecule has 5 rings (SSSR count). The number of hydrogen-bond donors (Lipinski definition) is 2. The van der Waals surface area contributed by atoms with Crippen LogP contribution in [0.1, 0.15) is 41.6 Å². The molecule has 0 spiro atoms. The molecule has 212 valence electrons. The summed E-state index contributed by atoms with van der Waals surface area (Å²) in [4.78, 5) is 36.6. The van der Waals surface area contributed by atoms with E-state index in [2.05, 4.69) is 16.8 Å². The molecule has 0 aliphatic carbocycles. The Balaban J connectivity index is 1.23. The second kappa shape index (κ2) is 11.9. The fourth-order valence-corrected chi connectivity index (χ4v) is 6.08. The highest BCUT2D eigenvalue weighted by atomic mass is 32.1. The standard InChI is InChI=1S/C30H36N4O5S/c1-20-4-7-24(40-20)19-32(3)29(37)25-15-26(28(36)16-27(25)35)30(38)34-17-21-5-6-23(14-22(21)18-34)39-13-12-33-10-8-31(2)9-11-33/h4-7,14-16,35-36H,8-13,17-19H2,1-3H3. The van der Waals surface area contributed by atoms with Gasteiger partial charge in [-0.05, 0) is 55.4 Å². The van der Waals surface area contributed by atoms with Gasteiger partial charge in [0.2, 0.25) is 0 Å². The van der Waals surface area contributed by atoms with Crippen molar-refractivity contribution in [1.29, 1.82) is 0 Å². The molecule has 9 nitrogen and oxygen atoms in total. The van der Waals surface area contributed by atoms with Crippen molar-refractivity contribution in [3.8, 4) is 17.2 Å². The van der Waals surface area contributed by atoms with Crippen molar-refractivity contribution in [3.63, 3.8) is 0 Å². The zero-order valence-electron chi connectivity index (χ0n) is 23.2. The number of phenols is 2. The molecule has 0 saturated carbocycles. The zero-order chi connectivity index (χ0) is 28.4. The molecule has 2 N–H and O–H groups in total. The Labute approximate surface area is 238 Å². The summed E-state index contributed by atoms with van der Waals surface area (Å²) in [6.07, 6.45) is 0. The van der Waals surface area contributed by atoms with Gasteiger partial charge in [0.05, 0.1) is 17.7 Å². The number of aryl methyl sites for hydroxylation is 1. The van der Waals surface area contributed by atoms with Gasteiger partial charge in [-0.3, -0.25) is 14.5 Å². The summed E-state index contributed by atoms with van der Waals surface area (Å²) in [5.74, 6) is -0.792. The monoisotopic (exact) mass is 564 g/mol. The number of likely N-dealkylation sites (N-methyl/N-ethyl adjacent to an activating group) is 1. The largest absolute Gasteiger partial charge is 0.507 e. The van der Waals surface area contributed by atoms with Crippen LogP contribution in [0.4, 0.5) is 0 Å². The van der Waals surface area contributed by atoms with Crippen molar-refractivity contribution in [3.05, 3.63) is 74.5 Å². The van der Waals surface area contributed by atoms with Gasteiger partial charge in [0.15, 0.2) is 0 Å². The van der Waals surface area contributed by atoms with E-state index >= 15 is 0 Å². The smallest absolute Gasteiger partial charge is 0.258 e. The van der Waals surface area contributed by atoms with Crippen LogP contribution >= 0.6 is 11.3 Å². The molecule has 2 aliphatic heterocycles. The SMILES string of the molecule is Cc1ccc(CN(C)C(=O)c2cc(C(=O)N3Cc4ccc(OCCN5CCN(C)CC5)cc4C3)c(O)cc2O)s1. The molecule has 3 aromatic rings. The number of fused-ring (bicyclic) bond motifs is 1. The van der Waals surface area contributed by atoms with Gasteiger partial charge >= 0.3 is 0 Å². The number of piperazine rings is 1. The van der Waals surface area contributed by atoms with E-state index in [0.29, 0.717) is 26.2 Å². The van der Waals surface area contributed by atoms with Crippen LogP contribution in [0, 0.1) is 6.92 Å². The van der Waals surface area contributed by atoms with Crippen LogP contribution < -0.4 is 4.74 Å². The predicted molar refractivity (Wildman–Crippen MR) is 154 cm³/mol. The first kappa shape index (κ1) is 27.9. The summed E-state index contributed by atoms with van der Waals surface area (Å²) in [6.45, 7) is 8.83. The second-order valence-electron chi connectivity index (χ2n) is 10.6. The van der Waals surface area contributed by atoms with Gasteiger partial charge in [-0.1, -0.05) is 6.07 Å². The fraction of sp³-hybridized carbons (Fsp3) is 0.400. The predicted octanol–water partition coefficient (Wildman–Crippen LogP) is 3.52. The minimum atomic E-state index is -0.430. The van der Waals surface area contributed by atoms with Gasteiger partial charge in [0.1, 0.15) is 23.9 Å². The molecule has 3 heterocycles. The first-order valence-electron chi connectivity index (χ1n) is 13.5. The van der Waals surface area contributed by atoms with E-state index < -0.39 is 11.8 Å². The van der Waals surface area contributed by atoms with Gasteiger partial charge in [-0.25, -0.2) is 0 Å². The van der Waals surface area contributed by atoms with E-state index in [1.54, 1.807) is 23.3 Å². The van der Waals surface area contributed by atoms with Crippen molar-refractivity contribution in [2.24, 2.45) is 0 Å². The first-order chi connectivity index (χ1) is 19.2. The number of benzene rings is 2. The molecular weight excluding hydrogens is 528 g/mol. The second-order valence-corrected chi connectivity index (χ2v) is 12.0. The van der Waals surface area contributed by atoms with Gasteiger partial charge in [0, 0.05) is 68.7 Å². The summed E-state index contributed by atoms with van der Waals surface area (Å²) < 4.78 is 6.01. The number of nitrogens with zero attached hydrogens (tertiary/aromatic N) is 4. The number of amides is 2. The Morgan fingerprint density at radius 1 is 0.950 bits per heavy atom. The van der Waals surface area contributed by atoms with E-state index in [-0.39, 0.29) is 22.6 Å². The summed E-state index contributed by atoms with van der Waals surface area (Å²) in [7, 11) is 3.79. The average molecular weight is 565 g/mol. The number of rotatable bonds is 8. The highest BCUT2D eigenvalue weighted by Crippen LogP contribution is 2.33. The minimum Gasteiger partial charge on any atom is -0.507 e. The molecule has 1 fully saturated rings. The van der Waals surface area contributed by atoms with E-state index in [1.165, 1.54) is 11.0 Å². The molecule has 0 atom stereocenters. The molecule has 0 unspecified atom stereocenters. The Morgan fingerprint density at radius 3 is 2.40 bits per heavy atom. The minimum absolute atomic E-state index is 0.0158. The zero-order valence-corrected chi connectivity index (χ0v) is 24.0. The molecule has 1 saturated heterocycles. The number of aromatic hydroxyl groups is 2. The van der Waals surface area contributed by atoms with Crippen LogP contribution in [0.25, 0.3) is 0 Å². The van der Waals surface area contributed by atoms with Gasteiger partial charge < -0.3 is 29.6 Å². The lowest BCUT2D eigenvalue weighted by molar-refractivity contribution is 0.0748. The summed E-state index contributed by atoms with van der Waals surface area (Å²) in [5.41, 5.74) is 1.97. The Morgan fingerprint density at radius 2 is 1.68 bits per heavy atom. The Bertz CT molecular complexity index is 1400. The highest BCUT2D eigenvalue weighted by Gasteiger charge is 2.29. The summed E-state index contributed by atoms with van der Waals surface area (Å²) >= 11 is 1.60. The van der Waals surface area contributed by atoms with E-state index in [4.69, 9.17) is 4.74 Å². The van der Waals surface area contributed by atoms with E-state index in [1.807, 2.05) is 37.3 Å². The first-order valence-corrected chi connectivity index (χ1v) is 14.3. The van der Waals surface area contributed by atoms with Crippen molar-refractivity contribution in [2.75, 3.05) is 53.4 Å². The van der Waals surface area contributed by atoms with Crippen LogP contribution in [-0.2, 0) is 19.6 Å². The summed E-state index contributed by atoms with van der Waals surface area (Å²) in [5, 5.41) is 21.0. The van der Waals surface area contributed by atoms with Gasteiger partial charge in [-0.2, -0.15) is 0 Å². The topological polar surface area (TPSA) is 96.8 Å². The summed E-state index contributed by atoms with van der Waals surface area (Å²) in [6, 6.07) is 12.2. The lowest BCUT2D eigenvalue weighted by Gasteiger charge is -2.32. The molecule has 0 radical (unpaired) electrons. The molecule has 40 heavy (non-hydrogen) atoms. The lowest BCUT2D eigenvalue weighted by atomic mass is 10.1. The number of carbonyl (C=O) groups is 2. The third-order valence-corrected chi connectivity index (χ3v) is 8.56. The van der Waals surface area contributed by atoms with Gasteiger partial charge in [0.25, 0.3) is 11.8 Å². The highest BCUT2D eigenvalue weighted by molar-refractivity contribution is 7.11.